The quantitative estimate of drug-likeness (QED) is 0.0178. The third-order valence-corrected chi connectivity index (χ3v) is 15.4. The molecule has 0 saturated carbocycles. The molecule has 117 heavy (non-hydrogen) atoms. The highest BCUT2D eigenvalue weighted by atomic mass is 16.6. The number of Topliss-reactive ketones (excluding diaryl/α,β-unsaturated/α-hetero) is 3. The van der Waals surface area contributed by atoms with Crippen LogP contribution in [0.2, 0.25) is 0 Å². The average Bonchev–Trinajstić information content (AvgIpc) is 0.864. The maximum atomic E-state index is 12.9. The summed E-state index contributed by atoms with van der Waals surface area (Å²) in [6.45, 7) is 27.1. The lowest BCUT2D eigenvalue weighted by Crippen LogP contribution is -2.58. The van der Waals surface area contributed by atoms with Crippen molar-refractivity contribution in [3.8, 4) is 0 Å². The molecule has 0 aromatic heterocycles. The fourth-order valence-electron chi connectivity index (χ4n) is 9.77. The predicted molar refractivity (Wildman–Crippen MR) is 429 cm³/mol. The van der Waals surface area contributed by atoms with E-state index in [0.29, 0.717) is 38.9 Å². The molecule has 0 atom stereocenters. The van der Waals surface area contributed by atoms with Crippen LogP contribution in [0.5, 0.6) is 0 Å². The van der Waals surface area contributed by atoms with Gasteiger partial charge in [0.2, 0.25) is 35.4 Å². The number of esters is 3. The van der Waals surface area contributed by atoms with E-state index < -0.39 is 75.1 Å². The van der Waals surface area contributed by atoms with Crippen molar-refractivity contribution in [3.63, 3.8) is 0 Å². The van der Waals surface area contributed by atoms with Gasteiger partial charge < -0.3 is 118 Å². The topological polar surface area (TPSA) is 500 Å². The number of ether oxygens (including phenoxy) is 12. The van der Waals surface area contributed by atoms with Gasteiger partial charge in [-0.15, -0.1) is 0 Å². The van der Waals surface area contributed by atoms with E-state index in [1.54, 1.807) is 62.3 Å². The minimum absolute atomic E-state index is 0.000651. The molecule has 678 valence electrons. The molecular weight excluding hydrogens is 1540 g/mol. The number of ketones is 3. The van der Waals surface area contributed by atoms with Gasteiger partial charge >= 0.3 is 35.8 Å². The van der Waals surface area contributed by atoms with Crippen LogP contribution in [0.4, 0.5) is 0 Å². The van der Waals surface area contributed by atoms with Crippen molar-refractivity contribution in [2.75, 3.05) is 139 Å². The van der Waals surface area contributed by atoms with Crippen molar-refractivity contribution in [3.05, 3.63) is 0 Å². The molecule has 0 saturated heterocycles. The number of hydrogen-bond donors (Lipinski definition) is 9. The Morgan fingerprint density at radius 2 is 0.436 bits per heavy atom. The zero-order chi connectivity index (χ0) is 89.2. The van der Waals surface area contributed by atoms with Crippen LogP contribution >= 0.6 is 0 Å². The molecule has 0 heterocycles. The van der Waals surface area contributed by atoms with Gasteiger partial charge in [-0.25, -0.2) is 0 Å². The molecule has 0 spiro atoms. The van der Waals surface area contributed by atoms with Crippen LogP contribution in [-0.2, 0) is 129 Å². The number of hydrogen-bond acceptors (Lipinski definition) is 27. The van der Waals surface area contributed by atoms with E-state index in [4.69, 9.17) is 72.2 Å². The second kappa shape index (κ2) is 67.1. The van der Waals surface area contributed by atoms with Crippen molar-refractivity contribution in [2.45, 2.75) is 291 Å². The lowest BCUT2D eigenvalue weighted by atomic mass is 10.0. The molecule has 0 aromatic rings. The molecule has 0 bridgehead atoms. The molecule has 0 aliphatic heterocycles. The van der Waals surface area contributed by atoms with Gasteiger partial charge in [0, 0.05) is 77.4 Å². The average molecular weight is 1680 g/mol. The zero-order valence-electron chi connectivity index (χ0n) is 72.7. The lowest BCUT2D eigenvalue weighted by molar-refractivity contribution is -0.157. The van der Waals surface area contributed by atoms with E-state index in [9.17, 15) is 71.9 Å². The van der Waals surface area contributed by atoms with Gasteiger partial charge in [0.05, 0.1) is 157 Å². The Morgan fingerprint density at radius 3 is 0.607 bits per heavy atom. The van der Waals surface area contributed by atoms with Crippen molar-refractivity contribution >= 4 is 88.6 Å². The minimum atomic E-state index is -1.30. The molecule has 36 nitrogen and oxygen atoms in total. The van der Waals surface area contributed by atoms with Crippen LogP contribution in [0, 0.1) is 0 Å². The second-order valence-corrected chi connectivity index (χ2v) is 31.4. The molecule has 0 aromatic carbocycles. The molecule has 0 rings (SSSR count). The highest BCUT2D eigenvalue weighted by Crippen LogP contribution is 2.18. The third kappa shape index (κ3) is 75.5. The molecule has 6 amide bonds. The number of amides is 6. The zero-order valence-corrected chi connectivity index (χ0v) is 72.7. The van der Waals surface area contributed by atoms with Crippen LogP contribution in [-0.4, -0.2) is 276 Å². The van der Waals surface area contributed by atoms with Crippen molar-refractivity contribution in [1.29, 1.82) is 0 Å². The van der Waals surface area contributed by atoms with Crippen molar-refractivity contribution < 1.29 is 144 Å². The SMILES string of the molecule is CC(=O)CCCC(=O)NC(COCCC(=O)O)(COCCC(=O)O)COCCC(=O)O.CC(=O)CCCC(=O)NC(COCCC(=O)OC(C)(C)C)(COCCC(=O)OC(C)(C)C)COCCC(=O)OC(C)(C)C.CCCCNC(=O)CCOCC(COCCC(=O)NCCCC)(COCCC(=O)NCCCC)NC(=O)CCCC(C)=O. The molecule has 0 unspecified atom stereocenters. The Bertz CT molecular complexity index is 2670. The van der Waals surface area contributed by atoms with Crippen molar-refractivity contribution in [1.82, 2.24) is 31.9 Å². The Morgan fingerprint density at radius 1 is 0.248 bits per heavy atom. The number of carbonyl (C=O) groups is 15. The minimum Gasteiger partial charge on any atom is -0.481 e. The predicted octanol–water partition coefficient (Wildman–Crippen LogP) is 6.49. The van der Waals surface area contributed by atoms with E-state index in [1.165, 1.54) is 20.8 Å². The standard InChI is InChI=1S/C31H58N4O8.C31H55NO11.C19H31NO11/c1-5-8-17-32-27(37)14-20-41-23-31(35-30(40)13-11-12-26(4)36,24-42-21-15-28(38)33-18-9-6-2)25-43-22-16-29(39)34-19-10-7-3;1-23(33)12-11-13-24(34)32-31(20-38-17-14-25(35)41-28(2,3)4,21-39-18-15-26(36)42-29(5,6)7)22-40-19-16-27(37)43-30(8,9)10;1-14(21)3-2-4-15(22)20-19(11-29-8-5-16(23)24,12-30-9-6-17(25)26)13-31-10-7-18(27)28/h5-25H2,1-4H3,(H,32,37)(H,33,38)(H,34,39)(H,35,40);11-22H2,1-10H3,(H,32,34);2-13H2,1H3,(H,20,22)(H,23,24)(H,25,26)(H,27,28). The van der Waals surface area contributed by atoms with Crippen LogP contribution in [0.25, 0.3) is 0 Å². The smallest absolute Gasteiger partial charge is 0.308 e. The Kier molecular flexibility index (Phi) is 65.1. The Labute approximate surface area is 691 Å². The van der Waals surface area contributed by atoms with Gasteiger partial charge in [0.1, 0.15) is 50.8 Å². The monoisotopic (exact) mass is 1680 g/mol. The van der Waals surface area contributed by atoms with Gasteiger partial charge in [-0.1, -0.05) is 40.0 Å². The fraction of sp³-hybridized carbons (Fsp3) is 0.815. The number of carbonyl (C=O) groups excluding carboxylic acids is 12. The van der Waals surface area contributed by atoms with Crippen LogP contribution in [0.15, 0.2) is 0 Å². The first-order valence-corrected chi connectivity index (χ1v) is 40.6. The summed E-state index contributed by atoms with van der Waals surface area (Å²) < 4.78 is 67.0. The molecule has 9 N–H and O–H groups in total. The number of carboxylic acid groups (broad SMARTS) is 3. The first kappa shape index (κ1) is 113. The first-order chi connectivity index (χ1) is 54.8. The summed E-state index contributed by atoms with van der Waals surface area (Å²) in [6, 6.07) is 0. The maximum Gasteiger partial charge on any atom is 0.308 e. The normalized spacial score (nSPS) is 11.6. The van der Waals surface area contributed by atoms with Gasteiger partial charge in [-0.3, -0.25) is 57.5 Å². The van der Waals surface area contributed by atoms with E-state index in [0.717, 1.165) is 38.5 Å². The number of rotatable bonds is 69. The Hall–Kier alpha value is -7.71. The highest BCUT2D eigenvalue weighted by molar-refractivity contribution is 5.81. The lowest BCUT2D eigenvalue weighted by Gasteiger charge is -2.34. The van der Waals surface area contributed by atoms with E-state index in [-0.39, 0.29) is 262 Å². The first-order valence-electron chi connectivity index (χ1n) is 40.6. The number of aliphatic carboxylic acids is 3. The summed E-state index contributed by atoms with van der Waals surface area (Å²) in [6.07, 6.45) is 7.29. The summed E-state index contributed by atoms with van der Waals surface area (Å²) in [5.41, 5.74) is -5.59. The molecule has 0 radical (unpaired) electrons. The van der Waals surface area contributed by atoms with Gasteiger partial charge in [-0.2, -0.15) is 0 Å². The van der Waals surface area contributed by atoms with Crippen LogP contribution in [0.1, 0.15) is 258 Å². The molecular formula is C81H144N6O30. The third-order valence-electron chi connectivity index (χ3n) is 15.4. The number of carboxylic acids is 3. The van der Waals surface area contributed by atoms with E-state index >= 15 is 0 Å². The molecule has 0 aliphatic carbocycles. The summed E-state index contributed by atoms with van der Waals surface area (Å²) in [4.78, 5) is 177. The van der Waals surface area contributed by atoms with Gasteiger partial charge in [0.15, 0.2) is 0 Å². The largest absolute Gasteiger partial charge is 0.481 e. The molecule has 0 fully saturated rings. The summed E-state index contributed by atoms with van der Waals surface area (Å²) in [7, 11) is 0. The highest BCUT2D eigenvalue weighted by Gasteiger charge is 2.37. The van der Waals surface area contributed by atoms with Gasteiger partial charge in [0.25, 0.3) is 0 Å². The second-order valence-electron chi connectivity index (χ2n) is 31.4. The van der Waals surface area contributed by atoms with Crippen LogP contribution in [0.3, 0.4) is 0 Å². The summed E-state index contributed by atoms with van der Waals surface area (Å²) in [5, 5.41) is 43.3. The van der Waals surface area contributed by atoms with Crippen molar-refractivity contribution in [2.24, 2.45) is 0 Å². The maximum absolute atomic E-state index is 12.9. The number of nitrogens with one attached hydrogen (secondary N) is 6. The summed E-state index contributed by atoms with van der Waals surface area (Å²) in [5.74, 6) is -6.09. The van der Waals surface area contributed by atoms with E-state index in [1.807, 2.05) is 20.8 Å². The molecule has 0 aliphatic rings. The molecule has 36 heteroatoms. The fourth-order valence-corrected chi connectivity index (χ4v) is 9.77. The Balaban J connectivity index is -0.00000169. The summed E-state index contributed by atoms with van der Waals surface area (Å²) >= 11 is 0. The van der Waals surface area contributed by atoms with Gasteiger partial charge in [-0.05, 0) is 122 Å². The number of unbranched alkanes of at least 4 members (excludes halogenated alkanes) is 3. The van der Waals surface area contributed by atoms with Crippen LogP contribution < -0.4 is 31.9 Å². The van der Waals surface area contributed by atoms with E-state index in [2.05, 4.69) is 31.9 Å².